The summed E-state index contributed by atoms with van der Waals surface area (Å²) in [4.78, 5) is 69.8. The summed E-state index contributed by atoms with van der Waals surface area (Å²) in [5.41, 5.74) is -1.79. The molecule has 0 amide bonds. The first-order valence-corrected chi connectivity index (χ1v) is 24.0. The number of hydrogen-bond acceptors (Lipinski definition) is 22. The molecule has 0 radical (unpaired) electrons. The summed E-state index contributed by atoms with van der Waals surface area (Å²) >= 11 is 5.56. The Kier molecular flexibility index (Phi) is 17.3. The standard InChI is InChI=1S/C13H12F3N3O5S.C12H13N3O3.C8H5ClN2O2.C8H6N2O3.C5H6N2O/c14-13(15,16)25(21,22)24-9-2-1-3-19-11(20)8-10(17-12(9)19)18-4-6-23-7-5-18;16-9-2-1-3-15-11(17)8-10(13-12(9)15)14-4-6-18-7-5-14;9-6-4-7(13)11-3-1-2-5(12)8(11)10-6;11-5-2-1-3-10-7(13)4-6(12)9-8(5)10;6-5-4(8)2-1-3-7-5/h1-3,8H,4-7H2;1-3,8,16H,4-7H2;1-4,12H;1-4,11-12H;1-3,8H,(H2,6,7). The molecule has 11 heterocycles. The number of anilines is 3. The number of aromatic nitrogens is 9. The molecule has 9 aromatic heterocycles. The van der Waals surface area contributed by atoms with Crippen molar-refractivity contribution in [2.45, 2.75) is 5.51 Å². The fraction of sp³-hybridized carbons (Fsp3) is 0.196. The second-order valence-electron chi connectivity index (χ2n) is 15.7. The maximum Gasteiger partial charge on any atom is 0.534 e. The van der Waals surface area contributed by atoms with E-state index in [1.807, 2.05) is 4.90 Å². The summed E-state index contributed by atoms with van der Waals surface area (Å²) < 4.78 is 79.3. The van der Waals surface area contributed by atoms with Gasteiger partial charge in [0.05, 0.1) is 32.5 Å². The Morgan fingerprint density at radius 3 is 1.42 bits per heavy atom. The monoisotopic (exact) mass is 1110 g/mol. The van der Waals surface area contributed by atoms with Crippen LogP contribution in [0, 0.1) is 0 Å². The number of morpholine rings is 2. The minimum absolute atomic E-state index is 0.00436. The van der Waals surface area contributed by atoms with Crippen LogP contribution in [0.5, 0.6) is 34.6 Å². The van der Waals surface area contributed by atoms with Crippen molar-refractivity contribution >= 4 is 61.8 Å². The summed E-state index contributed by atoms with van der Waals surface area (Å²) in [6.45, 7) is 4.35. The first-order valence-electron chi connectivity index (χ1n) is 22.2. The number of fused-ring (bicyclic) bond motifs is 4. The highest BCUT2D eigenvalue weighted by Crippen LogP contribution is 2.29. The van der Waals surface area contributed by atoms with E-state index in [1.165, 1.54) is 88.2 Å². The lowest BCUT2D eigenvalue weighted by atomic mass is 10.3. The number of nitrogens with zero attached hydrogens (tertiary/aromatic N) is 11. The number of pyridine rings is 5. The van der Waals surface area contributed by atoms with Gasteiger partial charge in [-0.25, -0.2) is 19.9 Å². The molecule has 0 aromatic carbocycles. The molecule has 11 rings (SSSR count). The van der Waals surface area contributed by atoms with Gasteiger partial charge in [0.1, 0.15) is 16.8 Å². The molecule has 2 saturated heterocycles. The predicted molar refractivity (Wildman–Crippen MR) is 269 cm³/mol. The molecule has 2 aliphatic rings. The van der Waals surface area contributed by atoms with Crippen molar-refractivity contribution in [3.8, 4) is 34.6 Å². The number of halogens is 4. The summed E-state index contributed by atoms with van der Waals surface area (Å²) in [6.07, 6.45) is 7.34. The molecule has 0 saturated carbocycles. The van der Waals surface area contributed by atoms with Gasteiger partial charge in [-0.1, -0.05) is 11.6 Å². The number of alkyl halides is 3. The SMILES string of the molecule is Nc1ncccc1O.O=c1cc(Cl)nc2c(O)cccn12.O=c1cc(N2CCOCC2)nc2c(O)cccn12.O=c1cc(N2CCOCC2)nc2c(OS(=O)(=O)C(F)(F)F)cccn12.O=c1cc(O)nc2c(O)cccn12. The Hall–Kier alpha value is -9.26. The van der Waals surface area contributed by atoms with E-state index in [2.05, 4.69) is 29.1 Å². The van der Waals surface area contributed by atoms with Crippen LogP contribution in [0.4, 0.5) is 30.6 Å². The lowest BCUT2D eigenvalue weighted by molar-refractivity contribution is -0.0499. The van der Waals surface area contributed by atoms with Crippen LogP contribution in [0.1, 0.15) is 0 Å². The van der Waals surface area contributed by atoms with Gasteiger partial charge in [0.25, 0.3) is 22.2 Å². The van der Waals surface area contributed by atoms with Gasteiger partial charge in [0.2, 0.25) is 5.88 Å². The van der Waals surface area contributed by atoms with Crippen LogP contribution < -0.4 is 42.0 Å². The third-order valence-corrected chi connectivity index (χ3v) is 11.7. The summed E-state index contributed by atoms with van der Waals surface area (Å²) in [6, 6.07) is 19.2. The average molecular weight is 1110 g/mol. The van der Waals surface area contributed by atoms with Crippen LogP contribution in [0.2, 0.25) is 5.15 Å². The van der Waals surface area contributed by atoms with Crippen molar-refractivity contribution in [2.75, 3.05) is 68.1 Å². The van der Waals surface area contributed by atoms with E-state index >= 15 is 0 Å². The van der Waals surface area contributed by atoms with E-state index in [9.17, 15) is 56.1 Å². The molecular formula is C46H42ClF3N12O14S. The molecule has 7 N–H and O–H groups in total. The largest absolute Gasteiger partial charge is 0.534 e. The van der Waals surface area contributed by atoms with E-state index in [0.29, 0.717) is 58.4 Å². The maximum absolute atomic E-state index is 12.5. The molecule has 31 heteroatoms. The van der Waals surface area contributed by atoms with Crippen LogP contribution in [-0.4, -0.2) is 135 Å². The molecule has 0 aliphatic carbocycles. The molecule has 2 fully saturated rings. The lowest BCUT2D eigenvalue weighted by Gasteiger charge is -2.27. The normalized spacial score (nSPS) is 13.5. The quantitative estimate of drug-likeness (QED) is 0.0837. The van der Waals surface area contributed by atoms with E-state index < -0.39 is 38.4 Å². The van der Waals surface area contributed by atoms with E-state index in [1.54, 1.807) is 29.3 Å². The molecular weight excluding hydrogens is 1070 g/mol. The molecule has 77 heavy (non-hydrogen) atoms. The van der Waals surface area contributed by atoms with Gasteiger partial charge < -0.3 is 54.7 Å². The molecule has 0 spiro atoms. The smallest absolute Gasteiger partial charge is 0.504 e. The van der Waals surface area contributed by atoms with Crippen LogP contribution in [0.15, 0.2) is 135 Å². The Labute approximate surface area is 434 Å². The van der Waals surface area contributed by atoms with Gasteiger partial charge in [0.15, 0.2) is 57.2 Å². The highest BCUT2D eigenvalue weighted by Gasteiger charge is 2.49. The zero-order valence-electron chi connectivity index (χ0n) is 39.5. The Bertz CT molecular complexity index is 3830. The van der Waals surface area contributed by atoms with Crippen molar-refractivity contribution in [3.63, 3.8) is 0 Å². The Morgan fingerprint density at radius 1 is 0.558 bits per heavy atom. The fourth-order valence-corrected chi connectivity index (χ4v) is 7.55. The van der Waals surface area contributed by atoms with Crippen molar-refractivity contribution in [1.29, 1.82) is 0 Å². The van der Waals surface area contributed by atoms with Gasteiger partial charge >= 0.3 is 15.6 Å². The number of nitrogen functional groups attached to an aromatic ring is 1. The molecule has 0 bridgehead atoms. The third kappa shape index (κ3) is 13.5. The van der Waals surface area contributed by atoms with Gasteiger partial charge in [-0.2, -0.15) is 26.6 Å². The molecule has 26 nitrogen and oxygen atoms in total. The second kappa shape index (κ2) is 24.0. The van der Waals surface area contributed by atoms with Crippen LogP contribution in [0.3, 0.4) is 0 Å². The Morgan fingerprint density at radius 2 is 0.961 bits per heavy atom. The number of nitrogens with two attached hydrogens (primary N) is 1. The molecule has 404 valence electrons. The van der Waals surface area contributed by atoms with E-state index in [-0.39, 0.29) is 73.5 Å². The predicted octanol–water partition coefficient (Wildman–Crippen LogP) is 2.52. The second-order valence-corrected chi connectivity index (χ2v) is 17.6. The average Bonchev–Trinajstić information content (AvgIpc) is 3.39. The highest BCUT2D eigenvalue weighted by atomic mass is 35.5. The first kappa shape index (κ1) is 55.5. The number of aromatic hydroxyl groups is 5. The van der Waals surface area contributed by atoms with E-state index in [0.717, 1.165) is 20.9 Å². The minimum Gasteiger partial charge on any atom is -0.504 e. The highest BCUT2D eigenvalue weighted by molar-refractivity contribution is 7.88. The van der Waals surface area contributed by atoms with Crippen LogP contribution in [0.25, 0.3) is 22.6 Å². The molecule has 0 unspecified atom stereocenters. The van der Waals surface area contributed by atoms with Crippen LogP contribution in [-0.2, 0) is 19.6 Å². The van der Waals surface area contributed by atoms with E-state index in [4.69, 9.17) is 37.0 Å². The summed E-state index contributed by atoms with van der Waals surface area (Å²) in [5.74, 6) is -0.292. The van der Waals surface area contributed by atoms with Crippen molar-refractivity contribution in [3.05, 3.63) is 162 Å². The molecule has 2 aliphatic heterocycles. The maximum atomic E-state index is 12.5. The van der Waals surface area contributed by atoms with Crippen molar-refractivity contribution in [2.24, 2.45) is 0 Å². The number of hydrogen-bond donors (Lipinski definition) is 6. The third-order valence-electron chi connectivity index (χ3n) is 10.6. The van der Waals surface area contributed by atoms with Gasteiger partial charge in [-0.3, -0.25) is 36.8 Å². The first-order chi connectivity index (χ1) is 36.6. The molecule has 0 atom stereocenters. The number of ether oxygens (including phenoxy) is 2. The lowest BCUT2D eigenvalue weighted by Crippen LogP contribution is -2.37. The van der Waals surface area contributed by atoms with Gasteiger partial charge in [0, 0.05) is 75.4 Å². The van der Waals surface area contributed by atoms with Gasteiger partial charge in [-0.05, 0) is 60.7 Å². The fourth-order valence-electron chi connectivity index (χ4n) is 6.92. The summed E-state index contributed by atoms with van der Waals surface area (Å²) in [5, 5.41) is 46.2. The zero-order valence-corrected chi connectivity index (χ0v) is 41.0. The van der Waals surface area contributed by atoms with Crippen molar-refractivity contribution in [1.82, 2.24) is 42.5 Å². The van der Waals surface area contributed by atoms with Gasteiger partial charge in [-0.15, -0.1) is 0 Å². The topological polar surface area (TPSA) is 346 Å². The zero-order chi connectivity index (χ0) is 55.6. The number of rotatable bonds is 4. The van der Waals surface area contributed by atoms with Crippen molar-refractivity contribution < 1.29 is 60.8 Å². The minimum atomic E-state index is -5.88. The Balaban J connectivity index is 0.000000146. The summed E-state index contributed by atoms with van der Waals surface area (Å²) in [7, 11) is -5.88. The molecule has 9 aromatic rings. The van der Waals surface area contributed by atoms with Crippen LogP contribution >= 0.6 is 11.6 Å².